The second-order valence-corrected chi connectivity index (χ2v) is 12.7. The Hall–Kier alpha value is -1.55. The van der Waals surface area contributed by atoms with Crippen LogP contribution in [0.25, 0.3) is 0 Å². The summed E-state index contributed by atoms with van der Waals surface area (Å²) in [6.45, 7) is 7.56. The first-order chi connectivity index (χ1) is 16.6. The highest BCUT2D eigenvalue weighted by Crippen LogP contribution is 2.68. The van der Waals surface area contributed by atoms with Gasteiger partial charge in [-0.1, -0.05) is 66.0 Å². The van der Waals surface area contributed by atoms with Crippen LogP contribution in [0.5, 0.6) is 0 Å². The number of nitrogens with zero attached hydrogens (tertiary/aromatic N) is 2. The zero-order chi connectivity index (χ0) is 25.7. The van der Waals surface area contributed by atoms with Crippen molar-refractivity contribution in [1.82, 2.24) is 4.90 Å². The lowest BCUT2D eigenvalue weighted by Gasteiger charge is -2.41. The molecule has 2 bridgehead atoms. The van der Waals surface area contributed by atoms with Gasteiger partial charge in [-0.15, -0.1) is 18.3 Å². The van der Waals surface area contributed by atoms with Crippen LogP contribution in [0.1, 0.15) is 26.7 Å². The highest BCUT2D eigenvalue weighted by atomic mass is 79.9. The molecule has 1 spiro atoms. The molecular formula is C25H30BrClN2O5S. The van der Waals surface area contributed by atoms with Crippen molar-refractivity contribution in [2.24, 2.45) is 17.8 Å². The number of likely N-dealkylation sites (tertiary alicyclic amines) is 1. The zero-order valence-electron chi connectivity index (χ0n) is 19.6. The molecule has 2 amide bonds. The monoisotopic (exact) mass is 584 g/mol. The van der Waals surface area contributed by atoms with E-state index in [1.54, 1.807) is 30.3 Å². The second kappa shape index (κ2) is 10.1. The summed E-state index contributed by atoms with van der Waals surface area (Å²) in [6, 6.07) is 5.44. The molecule has 190 valence electrons. The number of carboxylic acids is 1. The molecule has 1 aromatic rings. The van der Waals surface area contributed by atoms with Crippen molar-refractivity contribution >= 4 is 62.8 Å². The first-order valence-electron chi connectivity index (χ1n) is 11.8. The molecule has 2 N–H and O–H groups in total. The number of carbonyl (C=O) groups is 3. The predicted molar refractivity (Wildman–Crippen MR) is 141 cm³/mol. The zero-order valence-corrected chi connectivity index (χ0v) is 22.8. The van der Waals surface area contributed by atoms with Crippen LogP contribution in [0, 0.1) is 17.8 Å². The molecule has 4 rings (SSSR count). The van der Waals surface area contributed by atoms with Gasteiger partial charge in [0, 0.05) is 16.6 Å². The molecule has 0 saturated carbocycles. The number of halogens is 2. The number of rotatable bonds is 9. The summed E-state index contributed by atoms with van der Waals surface area (Å²) in [7, 11) is 0. The molecule has 35 heavy (non-hydrogen) atoms. The van der Waals surface area contributed by atoms with Gasteiger partial charge in [-0.25, -0.2) is 0 Å². The highest BCUT2D eigenvalue weighted by molar-refractivity contribution is 9.09. The molecule has 8 atom stereocenters. The first kappa shape index (κ1) is 26.5. The Morgan fingerprint density at radius 2 is 2.11 bits per heavy atom. The fraction of sp³-hybridized carbons (Fsp3) is 0.560. The van der Waals surface area contributed by atoms with Crippen molar-refractivity contribution in [2.75, 3.05) is 18.1 Å². The molecule has 10 heteroatoms. The quantitative estimate of drug-likeness (QED) is 0.338. The maximum atomic E-state index is 14.5. The summed E-state index contributed by atoms with van der Waals surface area (Å²) in [4.78, 5) is 43.7. The van der Waals surface area contributed by atoms with Crippen LogP contribution in [0.2, 0.25) is 5.02 Å². The van der Waals surface area contributed by atoms with E-state index in [0.29, 0.717) is 23.6 Å². The van der Waals surface area contributed by atoms with E-state index in [2.05, 4.69) is 22.5 Å². The highest BCUT2D eigenvalue weighted by Gasteiger charge is 2.76. The number of benzene rings is 1. The predicted octanol–water partition coefficient (Wildman–Crippen LogP) is 3.82. The van der Waals surface area contributed by atoms with E-state index >= 15 is 0 Å². The van der Waals surface area contributed by atoms with E-state index in [4.69, 9.17) is 11.6 Å². The number of para-hydroxylation sites is 1. The molecular weight excluding hydrogens is 556 g/mol. The third-order valence-electron chi connectivity index (χ3n) is 7.81. The number of aliphatic hydroxyl groups excluding tert-OH is 1. The Morgan fingerprint density at radius 1 is 1.43 bits per heavy atom. The number of aliphatic hydroxyl groups is 1. The largest absolute Gasteiger partial charge is 0.481 e. The third-order valence-corrected chi connectivity index (χ3v) is 11.4. The molecule has 3 heterocycles. The van der Waals surface area contributed by atoms with Crippen molar-refractivity contribution in [3.8, 4) is 0 Å². The minimum Gasteiger partial charge on any atom is -0.481 e. The van der Waals surface area contributed by atoms with Crippen LogP contribution >= 0.6 is 39.3 Å². The Balaban J connectivity index is 1.89. The van der Waals surface area contributed by atoms with Crippen molar-refractivity contribution < 1.29 is 24.6 Å². The van der Waals surface area contributed by atoms with Gasteiger partial charge in [0.25, 0.3) is 5.91 Å². The number of thioether (sulfide) groups is 1. The van der Waals surface area contributed by atoms with Gasteiger partial charge in [0.1, 0.15) is 6.04 Å². The second-order valence-electron chi connectivity index (χ2n) is 9.57. The summed E-state index contributed by atoms with van der Waals surface area (Å²) in [5.41, 5.74) is 0.498. The fourth-order valence-corrected chi connectivity index (χ4v) is 9.88. The number of alkyl halides is 1. The standard InChI is InChI=1S/C25H30BrClN2O5S/c1-4-10-28(16-9-7-6-8-15(16)27)23(32)21-25-11-14(26)20(35-25)18(24(33)34)19(25)22(31)29(21)17(12-30)13(3)5-2/h4,6-9,13-14,17-21,30H,1,5,10-12H2,2-3H3,(H,33,34)/t13-,14?,17-,18-,19-,20-,21?,25?/m0/s1. The lowest BCUT2D eigenvalue weighted by Crippen LogP contribution is -2.59. The molecule has 3 aliphatic heterocycles. The Kier molecular flexibility index (Phi) is 7.63. The van der Waals surface area contributed by atoms with E-state index < -0.39 is 34.6 Å². The third kappa shape index (κ3) is 4.03. The average molecular weight is 586 g/mol. The fourth-order valence-electron chi connectivity index (χ4n) is 6.05. The van der Waals surface area contributed by atoms with Crippen molar-refractivity contribution in [2.45, 2.75) is 53.6 Å². The number of fused-ring (bicyclic) bond motifs is 1. The van der Waals surface area contributed by atoms with E-state index in [1.807, 2.05) is 13.8 Å². The Labute approximate surface area is 223 Å². The van der Waals surface area contributed by atoms with E-state index in [1.165, 1.54) is 21.6 Å². The van der Waals surface area contributed by atoms with Crippen LogP contribution in [0.4, 0.5) is 5.69 Å². The molecule has 3 aliphatic rings. The van der Waals surface area contributed by atoms with Crippen LogP contribution in [-0.4, -0.2) is 73.0 Å². The Bertz CT molecular complexity index is 1040. The van der Waals surface area contributed by atoms with Crippen LogP contribution < -0.4 is 4.90 Å². The molecule has 3 unspecified atom stereocenters. The summed E-state index contributed by atoms with van der Waals surface area (Å²) in [5.74, 6) is -3.56. The maximum Gasteiger partial charge on any atom is 0.308 e. The SMILES string of the molecule is C=CCN(C(=O)C1N([C@@H](CO)[C@@H](C)CC)C(=O)[C@@H]2[C@H](C(=O)O)[C@H]3SC12CC3Br)c1ccccc1Cl. The van der Waals surface area contributed by atoms with Gasteiger partial charge >= 0.3 is 5.97 Å². The molecule has 0 aromatic heterocycles. The van der Waals surface area contributed by atoms with Gasteiger partial charge in [0.05, 0.1) is 39.9 Å². The topological polar surface area (TPSA) is 98.2 Å². The minimum absolute atomic E-state index is 0.0899. The van der Waals surface area contributed by atoms with Gasteiger partial charge < -0.3 is 20.0 Å². The molecule has 1 aromatic carbocycles. The van der Waals surface area contributed by atoms with Gasteiger partial charge in [0.2, 0.25) is 5.91 Å². The van der Waals surface area contributed by atoms with E-state index in [9.17, 15) is 24.6 Å². The smallest absolute Gasteiger partial charge is 0.308 e. The summed E-state index contributed by atoms with van der Waals surface area (Å²) >= 11 is 11.6. The average Bonchev–Trinajstić information content (AvgIpc) is 3.42. The number of anilines is 1. The molecule has 7 nitrogen and oxygen atoms in total. The van der Waals surface area contributed by atoms with E-state index in [0.717, 1.165) is 0 Å². The molecule has 0 aliphatic carbocycles. The number of aliphatic carboxylic acids is 1. The summed E-state index contributed by atoms with van der Waals surface area (Å²) < 4.78 is -0.919. The first-order valence-corrected chi connectivity index (χ1v) is 14.0. The van der Waals surface area contributed by atoms with Crippen molar-refractivity contribution in [3.05, 3.63) is 41.9 Å². The molecule has 3 fully saturated rings. The molecule has 0 radical (unpaired) electrons. The van der Waals surface area contributed by atoms with Crippen molar-refractivity contribution in [3.63, 3.8) is 0 Å². The van der Waals surface area contributed by atoms with Crippen LogP contribution in [0.15, 0.2) is 36.9 Å². The van der Waals surface area contributed by atoms with Gasteiger partial charge in [-0.2, -0.15) is 0 Å². The number of hydrogen-bond acceptors (Lipinski definition) is 5. The lowest BCUT2D eigenvalue weighted by atomic mass is 9.71. The normalized spacial score (nSPS) is 32.9. The van der Waals surface area contributed by atoms with Gasteiger partial charge in [-0.05, 0) is 24.5 Å². The Morgan fingerprint density at radius 3 is 2.69 bits per heavy atom. The summed E-state index contributed by atoms with van der Waals surface area (Å²) in [5, 5.41) is 20.6. The van der Waals surface area contributed by atoms with E-state index in [-0.39, 0.29) is 41.0 Å². The van der Waals surface area contributed by atoms with Crippen LogP contribution in [-0.2, 0) is 14.4 Å². The van der Waals surface area contributed by atoms with Crippen LogP contribution in [0.3, 0.4) is 0 Å². The number of carbonyl (C=O) groups excluding carboxylic acids is 2. The van der Waals surface area contributed by atoms with Gasteiger partial charge in [0.15, 0.2) is 0 Å². The number of carboxylic acid groups (broad SMARTS) is 1. The van der Waals surface area contributed by atoms with Gasteiger partial charge in [-0.3, -0.25) is 14.4 Å². The minimum atomic E-state index is -1.03. The summed E-state index contributed by atoms with van der Waals surface area (Å²) in [6.07, 6.45) is 2.77. The molecule has 3 saturated heterocycles. The lowest BCUT2D eigenvalue weighted by molar-refractivity contribution is -0.149. The number of amides is 2. The maximum absolute atomic E-state index is 14.5. The van der Waals surface area contributed by atoms with Crippen molar-refractivity contribution in [1.29, 1.82) is 0 Å². The number of hydrogen-bond donors (Lipinski definition) is 2.